The van der Waals surface area contributed by atoms with Crippen molar-refractivity contribution in [2.75, 3.05) is 6.54 Å². The maximum absolute atomic E-state index is 13.4. The molecule has 0 atom stereocenters. The number of benzene rings is 1. The smallest absolute Gasteiger partial charge is 0.153 e. The maximum Gasteiger partial charge on any atom is 0.153 e. The van der Waals surface area contributed by atoms with E-state index >= 15 is 0 Å². The van der Waals surface area contributed by atoms with Crippen LogP contribution in [-0.4, -0.2) is 16.5 Å². The van der Waals surface area contributed by atoms with Crippen LogP contribution in [0.4, 0.5) is 8.78 Å². The lowest BCUT2D eigenvalue weighted by Crippen LogP contribution is -1.98. The summed E-state index contributed by atoms with van der Waals surface area (Å²) < 4.78 is 26.4. The SMILES string of the molecule is NCCCCCCc1nc2c(F)cc(F)cc2[nH]1. The van der Waals surface area contributed by atoms with Crippen molar-refractivity contribution in [1.82, 2.24) is 9.97 Å². The van der Waals surface area contributed by atoms with Crippen LogP contribution in [0.25, 0.3) is 11.0 Å². The van der Waals surface area contributed by atoms with Gasteiger partial charge in [0.05, 0.1) is 5.52 Å². The quantitative estimate of drug-likeness (QED) is 0.778. The average Bonchev–Trinajstić information content (AvgIpc) is 2.72. The Balaban J connectivity index is 2.00. The zero-order valence-electron chi connectivity index (χ0n) is 10.2. The van der Waals surface area contributed by atoms with Crippen LogP contribution in [0.5, 0.6) is 0 Å². The van der Waals surface area contributed by atoms with E-state index in [0.29, 0.717) is 11.3 Å². The topological polar surface area (TPSA) is 54.7 Å². The third-order valence-corrected chi connectivity index (χ3v) is 2.92. The molecule has 0 bridgehead atoms. The minimum absolute atomic E-state index is 0.216. The van der Waals surface area contributed by atoms with Gasteiger partial charge in [-0.1, -0.05) is 12.8 Å². The number of fused-ring (bicyclic) bond motifs is 1. The molecule has 0 unspecified atom stereocenters. The summed E-state index contributed by atoms with van der Waals surface area (Å²) in [4.78, 5) is 7.10. The third-order valence-electron chi connectivity index (χ3n) is 2.92. The Bertz CT molecular complexity index is 522. The molecule has 1 heterocycles. The number of hydrogen-bond donors (Lipinski definition) is 2. The van der Waals surface area contributed by atoms with Gasteiger partial charge in [-0.05, 0) is 25.5 Å². The number of nitrogens with two attached hydrogens (primary N) is 1. The van der Waals surface area contributed by atoms with Crippen molar-refractivity contribution in [1.29, 1.82) is 0 Å². The Morgan fingerprint density at radius 1 is 1.11 bits per heavy atom. The van der Waals surface area contributed by atoms with E-state index in [9.17, 15) is 8.78 Å². The van der Waals surface area contributed by atoms with Gasteiger partial charge in [-0.15, -0.1) is 0 Å². The van der Waals surface area contributed by atoms with Crippen molar-refractivity contribution < 1.29 is 8.78 Å². The number of rotatable bonds is 6. The Kier molecular flexibility index (Phi) is 4.25. The number of unbranched alkanes of at least 4 members (excludes halogenated alkanes) is 3. The minimum Gasteiger partial charge on any atom is -0.342 e. The predicted octanol–water partition coefficient (Wildman–Crippen LogP) is 2.90. The molecule has 0 aliphatic heterocycles. The molecule has 0 saturated heterocycles. The lowest BCUT2D eigenvalue weighted by molar-refractivity contribution is 0.590. The Morgan fingerprint density at radius 3 is 2.67 bits per heavy atom. The van der Waals surface area contributed by atoms with Crippen molar-refractivity contribution in [3.05, 3.63) is 29.6 Å². The van der Waals surface area contributed by atoms with Crippen LogP contribution >= 0.6 is 0 Å². The molecule has 2 rings (SSSR count). The largest absolute Gasteiger partial charge is 0.342 e. The highest BCUT2D eigenvalue weighted by Gasteiger charge is 2.09. The van der Waals surface area contributed by atoms with E-state index in [2.05, 4.69) is 9.97 Å². The molecule has 2 aromatic rings. The molecule has 18 heavy (non-hydrogen) atoms. The third kappa shape index (κ3) is 3.04. The van der Waals surface area contributed by atoms with Crippen LogP contribution in [0.3, 0.4) is 0 Å². The van der Waals surface area contributed by atoms with Crippen molar-refractivity contribution in [2.24, 2.45) is 5.73 Å². The number of aryl methyl sites for hydroxylation is 1. The normalized spacial score (nSPS) is 11.3. The molecule has 0 aliphatic carbocycles. The van der Waals surface area contributed by atoms with E-state index in [1.54, 1.807) is 0 Å². The Morgan fingerprint density at radius 2 is 1.89 bits per heavy atom. The molecule has 5 heteroatoms. The second-order valence-corrected chi connectivity index (χ2v) is 4.42. The second-order valence-electron chi connectivity index (χ2n) is 4.42. The van der Waals surface area contributed by atoms with Gasteiger partial charge in [0, 0.05) is 12.5 Å². The fourth-order valence-corrected chi connectivity index (χ4v) is 2.00. The predicted molar refractivity (Wildman–Crippen MR) is 67.2 cm³/mol. The standard InChI is InChI=1S/C13H17F2N3/c14-9-7-10(15)13-11(8-9)17-12(18-13)5-3-1-2-4-6-16/h7-8H,1-6,16H2,(H,17,18). The van der Waals surface area contributed by atoms with Gasteiger partial charge < -0.3 is 10.7 Å². The van der Waals surface area contributed by atoms with E-state index in [-0.39, 0.29) is 5.52 Å². The number of aromatic nitrogens is 2. The zero-order valence-corrected chi connectivity index (χ0v) is 10.2. The van der Waals surface area contributed by atoms with Gasteiger partial charge in [0.15, 0.2) is 5.82 Å². The van der Waals surface area contributed by atoms with Crippen LogP contribution < -0.4 is 5.73 Å². The van der Waals surface area contributed by atoms with E-state index in [0.717, 1.165) is 44.7 Å². The van der Waals surface area contributed by atoms with Crippen molar-refractivity contribution >= 4 is 11.0 Å². The first-order valence-electron chi connectivity index (χ1n) is 6.24. The summed E-state index contributed by atoms with van der Waals surface area (Å²) in [7, 11) is 0. The number of aromatic amines is 1. The van der Waals surface area contributed by atoms with E-state index < -0.39 is 11.6 Å². The number of halogens is 2. The molecule has 98 valence electrons. The van der Waals surface area contributed by atoms with Gasteiger partial charge in [0.1, 0.15) is 17.2 Å². The molecule has 0 radical (unpaired) electrons. The molecular weight excluding hydrogens is 236 g/mol. The van der Waals surface area contributed by atoms with Crippen molar-refractivity contribution in [2.45, 2.75) is 32.1 Å². The lowest BCUT2D eigenvalue weighted by atomic mass is 10.1. The van der Waals surface area contributed by atoms with Crippen molar-refractivity contribution in [3.8, 4) is 0 Å². The fourth-order valence-electron chi connectivity index (χ4n) is 2.00. The summed E-state index contributed by atoms with van der Waals surface area (Å²) >= 11 is 0. The van der Waals surface area contributed by atoms with Gasteiger partial charge in [-0.3, -0.25) is 0 Å². The molecule has 0 fully saturated rings. The summed E-state index contributed by atoms with van der Waals surface area (Å²) in [6.07, 6.45) is 4.93. The summed E-state index contributed by atoms with van der Waals surface area (Å²) in [6, 6.07) is 2.12. The highest BCUT2D eigenvalue weighted by molar-refractivity contribution is 5.75. The molecule has 0 amide bonds. The zero-order chi connectivity index (χ0) is 13.0. The first-order chi connectivity index (χ1) is 8.70. The van der Waals surface area contributed by atoms with Gasteiger partial charge in [0.2, 0.25) is 0 Å². The molecule has 1 aromatic heterocycles. The lowest BCUT2D eigenvalue weighted by Gasteiger charge is -1.97. The fraction of sp³-hybridized carbons (Fsp3) is 0.462. The molecule has 3 nitrogen and oxygen atoms in total. The summed E-state index contributed by atoms with van der Waals surface area (Å²) in [5.41, 5.74) is 6.04. The number of H-pyrrole nitrogens is 1. The van der Waals surface area contributed by atoms with E-state index in [1.807, 2.05) is 0 Å². The van der Waals surface area contributed by atoms with Crippen LogP contribution in [0, 0.1) is 11.6 Å². The van der Waals surface area contributed by atoms with Crippen LogP contribution in [0.2, 0.25) is 0 Å². The number of nitrogens with one attached hydrogen (secondary N) is 1. The van der Waals surface area contributed by atoms with Crippen LogP contribution in [0.15, 0.2) is 12.1 Å². The molecule has 3 N–H and O–H groups in total. The number of nitrogens with zero attached hydrogens (tertiary/aromatic N) is 1. The number of hydrogen-bond acceptors (Lipinski definition) is 2. The maximum atomic E-state index is 13.4. The summed E-state index contributed by atoms with van der Waals surface area (Å²) in [5, 5.41) is 0. The van der Waals surface area contributed by atoms with E-state index in [1.165, 1.54) is 6.07 Å². The van der Waals surface area contributed by atoms with E-state index in [4.69, 9.17) is 5.73 Å². The first-order valence-corrected chi connectivity index (χ1v) is 6.24. The monoisotopic (exact) mass is 253 g/mol. The number of imidazole rings is 1. The minimum atomic E-state index is -0.615. The molecule has 0 spiro atoms. The Labute approximate surface area is 104 Å². The highest BCUT2D eigenvalue weighted by atomic mass is 19.1. The van der Waals surface area contributed by atoms with Gasteiger partial charge >= 0.3 is 0 Å². The molecule has 0 saturated carbocycles. The molecule has 1 aromatic carbocycles. The van der Waals surface area contributed by atoms with Crippen LogP contribution in [-0.2, 0) is 6.42 Å². The first kappa shape index (κ1) is 13.0. The van der Waals surface area contributed by atoms with Crippen LogP contribution in [0.1, 0.15) is 31.5 Å². The summed E-state index contributed by atoms with van der Waals surface area (Å²) in [6.45, 7) is 0.717. The molecular formula is C13H17F2N3. The second kappa shape index (κ2) is 5.91. The summed E-state index contributed by atoms with van der Waals surface area (Å²) in [5.74, 6) is -0.490. The Hall–Kier alpha value is -1.49. The van der Waals surface area contributed by atoms with Gasteiger partial charge in [-0.25, -0.2) is 13.8 Å². The molecule has 0 aliphatic rings. The van der Waals surface area contributed by atoms with Gasteiger partial charge in [0.25, 0.3) is 0 Å². The van der Waals surface area contributed by atoms with Gasteiger partial charge in [-0.2, -0.15) is 0 Å². The average molecular weight is 253 g/mol. The van der Waals surface area contributed by atoms with Crippen molar-refractivity contribution in [3.63, 3.8) is 0 Å². The highest BCUT2D eigenvalue weighted by Crippen LogP contribution is 2.18.